The van der Waals surface area contributed by atoms with Crippen molar-refractivity contribution in [2.45, 2.75) is 67.0 Å². The molecule has 2 unspecified atom stereocenters. The van der Waals surface area contributed by atoms with Crippen LogP contribution in [0.15, 0.2) is 90.0 Å². The molecule has 1 nitrogen and oxygen atoms in total. The molecular formula is C37H31Cl2F9NSiZr. The number of rotatable bonds is 3. The number of nitrogens with zero attached hydrogens (tertiary/aromatic N) is 1. The molecule has 2 aliphatic carbocycles. The van der Waals surface area contributed by atoms with Crippen LogP contribution in [0.2, 0.25) is 13.1 Å². The Morgan fingerprint density at radius 3 is 1.75 bits per heavy atom. The molecular weight excluding hydrogens is 820 g/mol. The van der Waals surface area contributed by atoms with Crippen LogP contribution in [0.3, 0.4) is 0 Å². The van der Waals surface area contributed by atoms with Crippen molar-refractivity contribution in [3.63, 3.8) is 0 Å². The number of aromatic nitrogens is 1. The molecule has 3 aromatic carbocycles. The van der Waals surface area contributed by atoms with Crippen molar-refractivity contribution in [3.8, 4) is 16.8 Å². The maximum Gasteiger partial charge on any atom is -1.00 e. The van der Waals surface area contributed by atoms with Gasteiger partial charge in [-0.2, -0.15) is 0 Å². The largest absolute Gasteiger partial charge is 1.00 e. The van der Waals surface area contributed by atoms with Gasteiger partial charge in [-0.05, 0) is 42.8 Å². The Balaban J connectivity index is 0.000000239. The van der Waals surface area contributed by atoms with E-state index in [0.29, 0.717) is 5.56 Å². The zero-order valence-electron chi connectivity index (χ0n) is 27.8. The molecule has 0 N–H and O–H groups in total. The molecule has 2 bridgehead atoms. The average Bonchev–Trinajstić information content (AvgIpc) is 3.64. The number of hydrogen-bond donors (Lipinski definition) is 0. The van der Waals surface area contributed by atoms with E-state index in [9.17, 15) is 39.5 Å². The predicted molar refractivity (Wildman–Crippen MR) is 171 cm³/mol. The molecule has 14 heteroatoms. The molecule has 4 aromatic rings. The fourth-order valence-electron chi connectivity index (χ4n) is 8.10. The van der Waals surface area contributed by atoms with E-state index in [1.54, 1.807) is 28.5 Å². The van der Waals surface area contributed by atoms with Gasteiger partial charge in [-0.25, -0.2) is 0 Å². The SMILES string of the molecule is CC1=C2c3c(cc(C)n3-c3ccccc3)C1[Si]2(C)C.CC1=Cc2c(-c3ccc(C(C(F)(F)F)(C(F)(F)F)C(F)(F)F)cc3)cccc2[CH]1[Zr+2].[Cl-].[Cl-]. The molecule has 0 amide bonds. The minimum atomic E-state index is -6.63. The monoisotopic (exact) mass is 848 g/mol. The molecule has 2 atom stereocenters. The van der Waals surface area contributed by atoms with Gasteiger partial charge in [-0.3, -0.25) is 0 Å². The molecule has 0 spiro atoms. The first-order chi connectivity index (χ1) is 22.7. The Labute approximate surface area is 318 Å². The molecule has 0 saturated carbocycles. The van der Waals surface area contributed by atoms with Gasteiger partial charge < -0.3 is 29.4 Å². The van der Waals surface area contributed by atoms with Crippen molar-refractivity contribution in [2.24, 2.45) is 0 Å². The van der Waals surface area contributed by atoms with E-state index in [2.05, 4.69) is 67.9 Å². The third kappa shape index (κ3) is 6.14. The number of allylic oxidation sites excluding steroid dienone is 2. The third-order valence-electron chi connectivity index (χ3n) is 10.2. The summed E-state index contributed by atoms with van der Waals surface area (Å²) in [6.07, 6.45) is -18.0. The summed E-state index contributed by atoms with van der Waals surface area (Å²) in [5.41, 5.74) is 3.87. The van der Waals surface area contributed by atoms with Gasteiger partial charge in [0.05, 0.1) is 8.07 Å². The normalized spacial score (nSPS) is 18.8. The Bertz CT molecular complexity index is 1970. The summed E-state index contributed by atoms with van der Waals surface area (Å²) < 4.78 is 122. The van der Waals surface area contributed by atoms with Gasteiger partial charge in [0.15, 0.2) is 0 Å². The van der Waals surface area contributed by atoms with Gasteiger partial charge in [0, 0.05) is 22.6 Å². The van der Waals surface area contributed by atoms with E-state index < -0.39 is 37.6 Å². The van der Waals surface area contributed by atoms with E-state index >= 15 is 0 Å². The fourth-order valence-corrected chi connectivity index (χ4v) is 13.2. The first-order valence-corrected chi connectivity index (χ1v) is 20.0. The van der Waals surface area contributed by atoms with Gasteiger partial charge in [-0.1, -0.05) is 36.9 Å². The number of para-hydroxylation sites is 1. The van der Waals surface area contributed by atoms with Crippen LogP contribution >= 0.6 is 0 Å². The van der Waals surface area contributed by atoms with Crippen molar-refractivity contribution in [1.29, 1.82) is 0 Å². The van der Waals surface area contributed by atoms with Crippen molar-refractivity contribution >= 4 is 19.3 Å². The first-order valence-electron chi connectivity index (χ1n) is 15.5. The smallest absolute Gasteiger partial charge is 1.00 e. The molecule has 269 valence electrons. The van der Waals surface area contributed by atoms with Gasteiger partial charge in [-0.15, -0.1) is 0 Å². The quantitative estimate of drug-likeness (QED) is 0.183. The first kappa shape index (κ1) is 41.2. The maximum atomic E-state index is 13.3. The zero-order chi connectivity index (χ0) is 36.1. The van der Waals surface area contributed by atoms with Gasteiger partial charge in [0.2, 0.25) is 0 Å². The van der Waals surface area contributed by atoms with Gasteiger partial charge in [0.1, 0.15) is 0 Å². The van der Waals surface area contributed by atoms with E-state index in [0.717, 1.165) is 34.4 Å². The number of benzene rings is 3. The fraction of sp³-hybridized carbons (Fsp3) is 0.297. The van der Waals surface area contributed by atoms with E-state index in [1.807, 2.05) is 19.1 Å². The molecule has 1 aromatic heterocycles. The van der Waals surface area contributed by atoms with Crippen LogP contribution < -0.4 is 24.8 Å². The molecule has 4 aliphatic rings. The molecule has 51 heavy (non-hydrogen) atoms. The summed E-state index contributed by atoms with van der Waals surface area (Å²) in [6, 6.07) is 20.6. The summed E-state index contributed by atoms with van der Waals surface area (Å²) in [7, 11) is -1.19. The standard InChI is InChI=1S/C20H12F9.C17H19NSi.2ClH.Zr/c1-11-9-13-3-2-4-15(16(13)10-11)12-5-7-14(8-6-12)17(18(21,22)23,19(24,25)26)20(27,28)29;1-11-10-14-15(17-12(2)16(14)19(17,3)4)18(11)13-8-6-5-7-9-13;;;/h2-10H,1H3;5-10,16H,1-4H3;2*1H;/q;;;;+2/p-2. The summed E-state index contributed by atoms with van der Waals surface area (Å²) in [5, 5.41) is 1.71. The van der Waals surface area contributed by atoms with Crippen LogP contribution in [0.4, 0.5) is 39.5 Å². The molecule has 0 radical (unpaired) electrons. The summed E-state index contributed by atoms with van der Waals surface area (Å²) in [5.74, 6) is 0. The Hall–Kier alpha value is -2.53. The summed E-state index contributed by atoms with van der Waals surface area (Å²) >= 11 is 1.21. The van der Waals surface area contributed by atoms with Crippen LogP contribution in [0, 0.1) is 6.92 Å². The van der Waals surface area contributed by atoms with Crippen LogP contribution in [0.1, 0.15) is 56.7 Å². The van der Waals surface area contributed by atoms with Crippen molar-refractivity contribution in [1.82, 2.24) is 4.57 Å². The molecule has 2 aliphatic heterocycles. The third-order valence-corrected chi connectivity index (χ3v) is 16.1. The Morgan fingerprint density at radius 1 is 0.686 bits per heavy atom. The van der Waals surface area contributed by atoms with E-state index in [-0.39, 0.29) is 46.1 Å². The van der Waals surface area contributed by atoms with Crippen molar-refractivity contribution < 1.29 is 89.0 Å². The van der Waals surface area contributed by atoms with E-state index in [4.69, 9.17) is 0 Å². The Morgan fingerprint density at radius 2 is 1.24 bits per heavy atom. The number of aryl methyl sites for hydroxylation is 1. The Kier molecular flexibility index (Phi) is 11.1. The number of halogens is 11. The van der Waals surface area contributed by atoms with Crippen LogP contribution in [-0.2, 0) is 30.1 Å². The summed E-state index contributed by atoms with van der Waals surface area (Å²) in [4.78, 5) is 0. The number of alkyl halides is 9. The second-order valence-corrected chi connectivity index (χ2v) is 19.4. The van der Waals surface area contributed by atoms with Crippen LogP contribution in [0.25, 0.3) is 28.1 Å². The molecule has 3 heterocycles. The van der Waals surface area contributed by atoms with Gasteiger partial charge >= 0.3 is 181 Å². The molecule has 8 rings (SSSR count). The zero-order valence-corrected chi connectivity index (χ0v) is 32.8. The molecule has 0 fully saturated rings. The minimum absolute atomic E-state index is 0. The van der Waals surface area contributed by atoms with Gasteiger partial charge in [0.25, 0.3) is 0 Å². The second-order valence-electron chi connectivity index (χ2n) is 13.4. The maximum absolute atomic E-state index is 13.3. The minimum Gasteiger partial charge on any atom is -1.00 e. The van der Waals surface area contributed by atoms with Crippen LogP contribution in [0.5, 0.6) is 0 Å². The number of fused-ring (bicyclic) bond motifs is 1. The number of hydrogen-bond acceptors (Lipinski definition) is 0. The summed E-state index contributed by atoms with van der Waals surface area (Å²) in [6.45, 7) is 11.5. The van der Waals surface area contributed by atoms with Crippen molar-refractivity contribution in [2.75, 3.05) is 0 Å². The second kappa shape index (κ2) is 13.7. The van der Waals surface area contributed by atoms with Crippen molar-refractivity contribution in [3.05, 3.63) is 124 Å². The van der Waals surface area contributed by atoms with E-state index in [1.165, 1.54) is 41.8 Å². The molecule has 0 saturated heterocycles. The predicted octanol–water partition coefficient (Wildman–Crippen LogP) is 5.75. The average molecular weight is 851 g/mol. The topological polar surface area (TPSA) is 4.93 Å². The van der Waals surface area contributed by atoms with Crippen LogP contribution in [-0.4, -0.2) is 31.2 Å².